The predicted molar refractivity (Wildman–Crippen MR) is 537 cm³/mol. The molecule has 0 unspecified atom stereocenters. The summed E-state index contributed by atoms with van der Waals surface area (Å²) >= 11 is 0. The van der Waals surface area contributed by atoms with Gasteiger partial charge in [0, 0.05) is 148 Å². The third kappa shape index (κ3) is 53.8. The minimum Gasteiger partial charge on any atom is -1.00 e. The van der Waals surface area contributed by atoms with Gasteiger partial charge in [0.15, 0.2) is 24.1 Å². The van der Waals surface area contributed by atoms with Crippen molar-refractivity contribution in [3.63, 3.8) is 0 Å². The molecule has 16 rings (SSSR count). The van der Waals surface area contributed by atoms with E-state index in [1.54, 1.807) is 109 Å². The van der Waals surface area contributed by atoms with E-state index in [0.29, 0.717) is 67.9 Å². The van der Waals surface area contributed by atoms with E-state index in [-0.39, 0.29) is 83.9 Å². The van der Waals surface area contributed by atoms with Crippen LogP contribution in [-0.4, -0.2) is 144 Å². The first-order valence-corrected chi connectivity index (χ1v) is 41.2. The van der Waals surface area contributed by atoms with E-state index in [4.69, 9.17) is 54.6 Å². The summed E-state index contributed by atoms with van der Waals surface area (Å²) in [6.45, 7) is 21.7. The van der Waals surface area contributed by atoms with Crippen LogP contribution in [0.4, 0.5) is 60.0 Å². The van der Waals surface area contributed by atoms with Gasteiger partial charge in [-0.15, -0.1) is 0 Å². The first-order chi connectivity index (χ1) is 65.7. The molecule has 7 heterocycles. The maximum absolute atomic E-state index is 10.7. The third-order valence-corrected chi connectivity index (χ3v) is 16.3. The standard InChI is InChI=1S/C10H7N3O2.C10H8N2O2.C10H10N2.2C10H7NO2.2C10H9N.C7H8N2O.C7H7NO.C4H6O3.C4H6O2.3C2H6.CH4N2.CH3.2BF3.2FH.Y/c11-13-7-3-1-6-2-4-8(10(14)15)12-9(6)5-7;11-7-3-1-6-2-4-8(10(13)14)12-9(6)5-7;1-7-2-3-8-4-5-9(11)6-10(8)12-7;2*12-10(13)9-6-5-7-3-1-2-4-8(7)11-9;2*1-8-6-7-9-4-2-3-5-10(9)11-8;8-6-2-1-5(4-10)7(9)3-6;8-7-4-2-1-3-6(7)5-9;1-3(5)4(6)7-2;1-3(5)4(2)6;3*1-2;1-3-2;;2*2-1(3)4;;;/h1-5,11H,(H,14,15);1-5H,11H2,(H,13,14);2-6H,11H2,1H3;2*1-6H,(H,12,13);2*2-7H,1H3;1-4H,8-9H2;1-5H,8H2;1-2H3;1-2H3;3*1-2H3;2H,1H3;1H3;;;2*1H;/q;;;;;;;;;;;;;;;-1;;;;;. The maximum Gasteiger partial charge on any atom is 0.762 e. The van der Waals surface area contributed by atoms with Crippen molar-refractivity contribution in [3.05, 3.63) is 337 Å². The number of carbonyl (C=O) groups excluding carboxylic acids is 6. The Morgan fingerprint density at radius 3 is 0.838 bits per heavy atom. The number of ketones is 3. The molecular formula is C100H111B2F8N16O15Y-. The molecular weight excluding hydrogens is 1930 g/mol. The number of anilines is 5. The number of Topliss-reactive ketones (excluding diaryl/α,β-unsaturated/α-hetero) is 3. The molecule has 9 aromatic carbocycles. The number of ether oxygens (including phenoxy) is 1. The van der Waals surface area contributed by atoms with Crippen molar-refractivity contribution in [2.75, 3.05) is 42.8 Å². The number of carbonyl (C=O) groups is 10. The maximum atomic E-state index is 10.7. The number of hydrogen-bond acceptors (Lipinski definition) is 25. The van der Waals surface area contributed by atoms with Crippen LogP contribution >= 0.6 is 0 Å². The molecule has 142 heavy (non-hydrogen) atoms. The quantitative estimate of drug-likeness (QED) is 0.00934. The van der Waals surface area contributed by atoms with Crippen LogP contribution in [0.25, 0.3) is 76.3 Å². The van der Waals surface area contributed by atoms with Crippen molar-refractivity contribution in [2.24, 2.45) is 10.2 Å². The molecule has 0 bridgehead atoms. The molecule has 0 aliphatic carbocycles. The number of nitrogen functional groups attached to an aromatic ring is 5. The number of nitrogens with two attached hydrogens (primary N) is 7. The van der Waals surface area contributed by atoms with Gasteiger partial charge in [0.25, 0.3) is 0 Å². The zero-order valence-electron chi connectivity index (χ0n) is 80.3. The van der Waals surface area contributed by atoms with Crippen LogP contribution in [0.1, 0.15) is 142 Å². The monoisotopic (exact) mass is 2040 g/mol. The molecule has 0 aliphatic heterocycles. The Kier molecular flexibility index (Phi) is 71.2. The van der Waals surface area contributed by atoms with Crippen molar-refractivity contribution in [1.82, 2.24) is 34.9 Å². The van der Waals surface area contributed by atoms with Crippen LogP contribution in [0.3, 0.4) is 0 Å². The number of methoxy groups -OCH3 is 1. The molecule has 42 heteroatoms. The minimum atomic E-state index is -3.67. The first kappa shape index (κ1) is 134. The predicted octanol–water partition coefficient (Wildman–Crippen LogP) is 13.1. The number of carboxylic acids is 4. The number of rotatable bonds is 9. The third-order valence-electron chi connectivity index (χ3n) is 16.3. The average Bonchev–Trinajstić information content (AvgIpc) is 0.814. The number of esters is 1. The van der Waals surface area contributed by atoms with Crippen LogP contribution in [0, 0.1) is 28.2 Å². The Morgan fingerprint density at radius 2 is 0.570 bits per heavy atom. The second kappa shape index (κ2) is 75.5. The number of aryl methyl sites for hydroxylation is 3. The van der Waals surface area contributed by atoms with Gasteiger partial charge in [0.1, 0.15) is 28.5 Å². The zero-order valence-corrected chi connectivity index (χ0v) is 83.2. The molecule has 0 atom stereocenters. The number of nitrogens with zero attached hydrogens (tertiary/aromatic N) is 9. The van der Waals surface area contributed by atoms with E-state index >= 15 is 0 Å². The molecule has 7 aromatic heterocycles. The number of aromatic nitrogens is 7. The Balaban J connectivity index is -0.000000478. The van der Waals surface area contributed by atoms with Crippen LogP contribution in [0.2, 0.25) is 0 Å². The molecule has 1 radical (unpaired) electrons. The van der Waals surface area contributed by atoms with Gasteiger partial charge >= 0.3 is 44.9 Å². The summed E-state index contributed by atoms with van der Waals surface area (Å²) in [5.41, 5.74) is 50.6. The number of carboxylic acid groups (broad SMARTS) is 4. The van der Waals surface area contributed by atoms with E-state index < -0.39 is 50.7 Å². The van der Waals surface area contributed by atoms with Crippen molar-refractivity contribution >= 4 is 185 Å². The first-order valence-electron chi connectivity index (χ1n) is 41.2. The number of para-hydroxylation sites is 5. The number of fused-ring (bicyclic) bond motifs is 7. The summed E-state index contributed by atoms with van der Waals surface area (Å²) < 4.78 is 62.0. The smallest absolute Gasteiger partial charge is 0.762 e. The number of aromatic carboxylic acids is 4. The minimum absolute atomic E-state index is 0. The fraction of sp³-hybridized carbons (Fsp3) is 0.140. The largest absolute Gasteiger partial charge is 1.00 e. The van der Waals surface area contributed by atoms with Crippen molar-refractivity contribution < 1.29 is 152 Å². The number of benzene rings is 9. The molecule has 0 amide bonds. The van der Waals surface area contributed by atoms with Gasteiger partial charge in [-0.25, -0.2) is 43.9 Å². The number of hydrogen-bond donors (Lipinski definition) is 11. The van der Waals surface area contributed by atoms with Gasteiger partial charge in [0.05, 0.1) is 52.8 Å². The van der Waals surface area contributed by atoms with Gasteiger partial charge < -0.3 is 70.7 Å². The second-order valence-corrected chi connectivity index (χ2v) is 26.2. The molecule has 16 aromatic rings. The van der Waals surface area contributed by atoms with Gasteiger partial charge in [-0.05, 0) is 159 Å². The second-order valence-electron chi connectivity index (χ2n) is 26.2. The topological polar surface area (TPSA) is 557 Å². The van der Waals surface area contributed by atoms with Gasteiger partial charge in [-0.2, -0.15) is 11.1 Å². The Labute approximate surface area is 840 Å². The molecule has 0 saturated carbocycles. The fourth-order valence-electron chi connectivity index (χ4n) is 9.96. The summed E-state index contributed by atoms with van der Waals surface area (Å²) in [5.74, 6) is -6.19. The fourth-order valence-corrected chi connectivity index (χ4v) is 9.96. The summed E-state index contributed by atoms with van der Waals surface area (Å²) in [4.78, 5) is 131. The molecule has 747 valence electrons. The van der Waals surface area contributed by atoms with Crippen LogP contribution in [0.5, 0.6) is 0 Å². The van der Waals surface area contributed by atoms with Crippen molar-refractivity contribution in [1.29, 1.82) is 0 Å². The van der Waals surface area contributed by atoms with Crippen molar-refractivity contribution in [3.8, 4) is 0 Å². The van der Waals surface area contributed by atoms with Crippen LogP contribution in [-0.2, 0) is 56.6 Å². The summed E-state index contributed by atoms with van der Waals surface area (Å²) in [5, 5.41) is 48.5. The zero-order chi connectivity index (χ0) is 105. The average molecular weight is 2040 g/mol. The molecule has 0 fully saturated rings. The molecule has 31 nitrogen and oxygen atoms in total. The van der Waals surface area contributed by atoms with Gasteiger partial charge in [0.2, 0.25) is 5.78 Å². The number of halogens is 8. The molecule has 18 N–H and O–H groups in total. The van der Waals surface area contributed by atoms with E-state index in [9.17, 15) is 73.8 Å². The van der Waals surface area contributed by atoms with Crippen LogP contribution in [0.15, 0.2) is 289 Å². The Bertz CT molecular complexity index is 6430. The summed E-state index contributed by atoms with van der Waals surface area (Å²) in [6.07, 6.45) is 1.45. The number of pyridine rings is 7. The van der Waals surface area contributed by atoms with Crippen molar-refractivity contribution in [2.45, 2.75) is 83.1 Å². The van der Waals surface area contributed by atoms with E-state index in [1.807, 2.05) is 178 Å². The SMILES string of the molecule is CC.CC.CC.CC(=O)C(C)=O.CN=[NH2+].COC(=O)C(C)=O.Cc1ccc2ccc(N)cc2n1.Cc1ccc2ccccc2n1.Cc1ccc2ccccc2n1.FB(F)F.FB(F)F.Nc1ccc(C=O)c(N)c1.Nc1ccc2ccc(C(=O)O)nc2c1.Nc1ccccc1C=O.O=C(O)c1ccc2ccccc2n1.O=C(O)c1ccc2ccccc2n1.[CH3-].[F-].[F-].[NH2+]=Nc1ccc2ccc(C(=O)O)nc2c1.[Y]. The molecule has 0 saturated heterocycles. The molecule has 0 aliphatic rings. The number of aldehydes is 2. The van der Waals surface area contributed by atoms with E-state index in [2.05, 4.69) is 85.7 Å². The Morgan fingerprint density at radius 1 is 0.338 bits per heavy atom. The summed E-state index contributed by atoms with van der Waals surface area (Å²) in [7, 11) is -4.64. The molecule has 0 spiro atoms. The Hall–Kier alpha value is -16.6. The van der Waals surface area contributed by atoms with E-state index in [0.717, 1.165) is 79.5 Å². The normalized spacial score (nSPS) is 8.93. The van der Waals surface area contributed by atoms with E-state index in [1.165, 1.54) is 63.0 Å². The van der Waals surface area contributed by atoms with Crippen LogP contribution < -0.4 is 49.1 Å². The van der Waals surface area contributed by atoms with Gasteiger partial charge in [-0.3, -0.25) is 64.8 Å². The summed E-state index contributed by atoms with van der Waals surface area (Å²) in [6, 6.07) is 84.2. The van der Waals surface area contributed by atoms with Gasteiger partial charge in [-0.1, -0.05) is 192 Å².